The first-order valence-corrected chi connectivity index (χ1v) is 14.7. The van der Waals surface area contributed by atoms with E-state index < -0.39 is 0 Å². The third-order valence-electron chi connectivity index (χ3n) is 8.68. The highest BCUT2D eigenvalue weighted by Crippen LogP contribution is 2.44. The van der Waals surface area contributed by atoms with Crippen molar-refractivity contribution in [3.05, 3.63) is 151 Å². The molecule has 0 bridgehead atoms. The summed E-state index contributed by atoms with van der Waals surface area (Å²) in [7, 11) is 0. The zero-order valence-electron chi connectivity index (χ0n) is 23.4. The second-order valence-corrected chi connectivity index (χ2v) is 11.2. The maximum absolute atomic E-state index is 4.90. The van der Waals surface area contributed by atoms with Crippen LogP contribution in [0.3, 0.4) is 0 Å². The predicted octanol–water partition coefficient (Wildman–Crippen LogP) is 9.09. The first-order chi connectivity index (χ1) is 21.3. The first-order valence-electron chi connectivity index (χ1n) is 14.7. The molecule has 0 amide bonds. The van der Waals surface area contributed by atoms with Crippen LogP contribution in [0.25, 0.3) is 44.2 Å². The van der Waals surface area contributed by atoms with Gasteiger partial charge in [-0.3, -0.25) is 4.57 Å². The summed E-state index contributed by atoms with van der Waals surface area (Å²) in [6, 6.07) is 45.4. The van der Waals surface area contributed by atoms with Gasteiger partial charge in [-0.05, 0) is 78.6 Å². The molecule has 0 saturated heterocycles. The van der Waals surface area contributed by atoms with Crippen molar-refractivity contribution in [2.45, 2.75) is 12.8 Å². The van der Waals surface area contributed by atoms with E-state index in [1.165, 1.54) is 33.3 Å². The highest BCUT2D eigenvalue weighted by molar-refractivity contribution is 6.10. The number of para-hydroxylation sites is 2. The molecule has 0 saturated carbocycles. The van der Waals surface area contributed by atoms with Crippen molar-refractivity contribution in [3.8, 4) is 11.5 Å². The topological polar surface area (TPSA) is 38.9 Å². The lowest BCUT2D eigenvalue weighted by Gasteiger charge is -2.28. The molecule has 8 aromatic rings. The van der Waals surface area contributed by atoms with E-state index in [4.69, 9.17) is 10.1 Å². The molecule has 1 aliphatic heterocycles. The van der Waals surface area contributed by atoms with E-state index in [0.717, 1.165) is 52.0 Å². The molecule has 204 valence electrons. The molecule has 43 heavy (non-hydrogen) atoms. The SMILES string of the molecule is c1ccc(-n2c3ccccc3c3ccc(N4c5ccccc5CCc5ccc(-n6cc7ccccc7n6)cc54)cc32)nc1. The summed E-state index contributed by atoms with van der Waals surface area (Å²) in [6.07, 6.45) is 5.94. The maximum Gasteiger partial charge on any atom is 0.137 e. The number of benzene rings is 5. The summed E-state index contributed by atoms with van der Waals surface area (Å²) < 4.78 is 4.28. The van der Waals surface area contributed by atoms with Crippen molar-refractivity contribution in [1.29, 1.82) is 0 Å². The second-order valence-electron chi connectivity index (χ2n) is 11.2. The van der Waals surface area contributed by atoms with Gasteiger partial charge in [0.2, 0.25) is 0 Å². The molecule has 3 aromatic heterocycles. The summed E-state index contributed by atoms with van der Waals surface area (Å²) >= 11 is 0. The fraction of sp³-hybridized carbons (Fsp3) is 0.0526. The van der Waals surface area contributed by atoms with Gasteiger partial charge < -0.3 is 4.90 Å². The van der Waals surface area contributed by atoms with E-state index in [9.17, 15) is 0 Å². The number of rotatable bonds is 3. The van der Waals surface area contributed by atoms with Gasteiger partial charge in [-0.1, -0.05) is 72.8 Å². The van der Waals surface area contributed by atoms with Gasteiger partial charge >= 0.3 is 0 Å². The number of hydrogen-bond donors (Lipinski definition) is 0. The zero-order valence-corrected chi connectivity index (χ0v) is 23.4. The molecule has 4 heterocycles. The van der Waals surface area contributed by atoms with Crippen molar-refractivity contribution in [3.63, 3.8) is 0 Å². The van der Waals surface area contributed by atoms with Crippen molar-refractivity contribution in [2.75, 3.05) is 4.90 Å². The van der Waals surface area contributed by atoms with Crippen LogP contribution in [0.1, 0.15) is 11.1 Å². The Labute approximate surface area is 248 Å². The molecule has 0 radical (unpaired) electrons. The molecule has 9 rings (SSSR count). The second kappa shape index (κ2) is 9.43. The fourth-order valence-corrected chi connectivity index (χ4v) is 6.66. The minimum absolute atomic E-state index is 0.913. The minimum atomic E-state index is 0.913. The molecular weight excluding hydrogens is 526 g/mol. The maximum atomic E-state index is 4.90. The first kappa shape index (κ1) is 24.0. The standard InChI is InChI=1S/C38H27N5/c1-4-12-33-28(10-1)25-41(40-33)29-19-18-27-17-16-26-9-2-5-13-34(26)42(36(27)23-29)30-20-21-32-31-11-3-6-14-35(31)43(37(32)24-30)38-15-7-8-22-39-38/h1-15,18-25H,16-17H2. The Morgan fingerprint density at radius 2 is 1.33 bits per heavy atom. The van der Waals surface area contributed by atoms with Gasteiger partial charge in [-0.2, -0.15) is 5.10 Å². The van der Waals surface area contributed by atoms with Crippen LogP contribution in [0.15, 0.2) is 140 Å². The van der Waals surface area contributed by atoms with Crippen molar-refractivity contribution < 1.29 is 0 Å². The summed E-state index contributed by atoms with van der Waals surface area (Å²) in [5.74, 6) is 0.913. The van der Waals surface area contributed by atoms with Gasteiger partial charge in [-0.15, -0.1) is 0 Å². The van der Waals surface area contributed by atoms with Gasteiger partial charge in [0.05, 0.1) is 27.9 Å². The van der Waals surface area contributed by atoms with Crippen molar-refractivity contribution in [1.82, 2.24) is 19.3 Å². The fourth-order valence-electron chi connectivity index (χ4n) is 6.66. The number of fused-ring (bicyclic) bond motifs is 6. The Kier molecular flexibility index (Phi) is 5.26. The third kappa shape index (κ3) is 3.78. The minimum Gasteiger partial charge on any atom is -0.310 e. The van der Waals surface area contributed by atoms with E-state index >= 15 is 0 Å². The van der Waals surface area contributed by atoms with Crippen LogP contribution in [-0.4, -0.2) is 19.3 Å². The Balaban J connectivity index is 1.30. The van der Waals surface area contributed by atoms with Crippen LogP contribution in [0.5, 0.6) is 0 Å². The number of pyridine rings is 1. The summed E-state index contributed by atoms with van der Waals surface area (Å²) in [6.45, 7) is 0. The van der Waals surface area contributed by atoms with Gasteiger partial charge in [0.1, 0.15) is 5.82 Å². The Morgan fingerprint density at radius 3 is 2.23 bits per heavy atom. The van der Waals surface area contributed by atoms with Gasteiger partial charge in [0.25, 0.3) is 0 Å². The third-order valence-corrected chi connectivity index (χ3v) is 8.68. The van der Waals surface area contributed by atoms with Crippen LogP contribution in [0.2, 0.25) is 0 Å². The highest BCUT2D eigenvalue weighted by Gasteiger charge is 2.24. The molecule has 0 atom stereocenters. The van der Waals surface area contributed by atoms with Crippen LogP contribution in [-0.2, 0) is 12.8 Å². The Morgan fingerprint density at radius 1 is 0.558 bits per heavy atom. The number of aryl methyl sites for hydroxylation is 2. The average Bonchev–Trinajstić information content (AvgIpc) is 3.59. The molecule has 0 unspecified atom stereocenters. The number of anilines is 3. The molecule has 1 aliphatic rings. The quantitative estimate of drug-likeness (QED) is 0.219. The van der Waals surface area contributed by atoms with E-state index in [2.05, 4.69) is 125 Å². The lowest BCUT2D eigenvalue weighted by molar-refractivity contribution is 0.893. The van der Waals surface area contributed by atoms with E-state index in [1.54, 1.807) is 0 Å². The molecular formula is C38H27N5. The molecule has 0 aliphatic carbocycles. The van der Waals surface area contributed by atoms with E-state index in [-0.39, 0.29) is 0 Å². The molecule has 5 aromatic carbocycles. The van der Waals surface area contributed by atoms with Gasteiger partial charge in [-0.25, -0.2) is 9.67 Å². The number of hydrogen-bond acceptors (Lipinski definition) is 3. The van der Waals surface area contributed by atoms with Crippen LogP contribution in [0.4, 0.5) is 17.1 Å². The van der Waals surface area contributed by atoms with Crippen molar-refractivity contribution in [2.24, 2.45) is 0 Å². The average molecular weight is 554 g/mol. The lowest BCUT2D eigenvalue weighted by Crippen LogP contribution is -2.12. The van der Waals surface area contributed by atoms with E-state index in [1.807, 2.05) is 29.1 Å². The van der Waals surface area contributed by atoms with Crippen LogP contribution in [0, 0.1) is 0 Å². The van der Waals surface area contributed by atoms with Crippen molar-refractivity contribution >= 4 is 49.8 Å². The highest BCUT2D eigenvalue weighted by atomic mass is 15.3. The Hall–Kier alpha value is -5.68. The molecule has 5 nitrogen and oxygen atoms in total. The van der Waals surface area contributed by atoms with Crippen LogP contribution >= 0.6 is 0 Å². The predicted molar refractivity (Wildman–Crippen MR) is 175 cm³/mol. The smallest absolute Gasteiger partial charge is 0.137 e. The molecule has 5 heteroatoms. The summed E-state index contributed by atoms with van der Waals surface area (Å²) in [5, 5.41) is 8.46. The molecule has 0 N–H and O–H groups in total. The number of aromatic nitrogens is 4. The van der Waals surface area contributed by atoms with Crippen LogP contribution < -0.4 is 4.90 Å². The molecule has 0 spiro atoms. The van der Waals surface area contributed by atoms with Gasteiger partial charge in [0.15, 0.2) is 0 Å². The van der Waals surface area contributed by atoms with E-state index in [0.29, 0.717) is 0 Å². The lowest BCUT2D eigenvalue weighted by atomic mass is 10.0. The normalized spacial score (nSPS) is 12.9. The van der Waals surface area contributed by atoms with Gasteiger partial charge in [0, 0.05) is 39.9 Å². The monoisotopic (exact) mass is 553 g/mol. The Bertz CT molecular complexity index is 2280. The largest absolute Gasteiger partial charge is 0.310 e. The molecule has 0 fully saturated rings. The zero-order chi connectivity index (χ0) is 28.3. The number of nitrogens with zero attached hydrogens (tertiary/aromatic N) is 5. The summed E-state index contributed by atoms with van der Waals surface area (Å²) in [4.78, 5) is 7.19. The summed E-state index contributed by atoms with van der Waals surface area (Å²) in [5.41, 5.74) is 10.5.